The largest absolute Gasteiger partial charge is 0.337 e. The van der Waals surface area contributed by atoms with E-state index in [1.54, 1.807) is 6.92 Å². The number of nitrogens with zero attached hydrogens (tertiary/aromatic N) is 1. The second-order valence-electron chi connectivity index (χ2n) is 3.64. The molecule has 1 aliphatic rings. The van der Waals surface area contributed by atoms with Crippen LogP contribution in [0.15, 0.2) is 0 Å². The fraction of sp³-hybridized carbons (Fsp3) is 0.889. The molecule has 0 aromatic carbocycles. The zero-order valence-corrected chi connectivity index (χ0v) is 9.30. The maximum Gasteiger partial charge on any atom is 0.239 e. The van der Waals surface area contributed by atoms with Crippen LogP contribution in [-0.4, -0.2) is 40.4 Å². The van der Waals surface area contributed by atoms with Gasteiger partial charge in [-0.2, -0.15) is 11.8 Å². The molecule has 13 heavy (non-hydrogen) atoms. The first kappa shape index (κ1) is 10.9. The molecule has 0 aromatic rings. The molecule has 0 radical (unpaired) electrons. The molecular weight excluding hydrogens is 184 g/mol. The van der Waals surface area contributed by atoms with Gasteiger partial charge in [0.1, 0.15) is 0 Å². The highest BCUT2D eigenvalue weighted by molar-refractivity contribution is 8.00. The molecule has 1 fully saturated rings. The molecule has 1 heterocycles. The van der Waals surface area contributed by atoms with Gasteiger partial charge < -0.3 is 10.6 Å². The van der Waals surface area contributed by atoms with Crippen molar-refractivity contribution in [3.8, 4) is 0 Å². The number of rotatable bonds is 1. The lowest BCUT2D eigenvalue weighted by atomic mass is 10.2. The Labute approximate surface area is 84.0 Å². The average molecular weight is 202 g/mol. The molecular formula is C9H18N2OS. The van der Waals surface area contributed by atoms with Crippen molar-refractivity contribution in [2.45, 2.75) is 38.1 Å². The van der Waals surface area contributed by atoms with Crippen molar-refractivity contribution in [3.05, 3.63) is 0 Å². The molecule has 1 aliphatic heterocycles. The summed E-state index contributed by atoms with van der Waals surface area (Å²) >= 11 is 1.92. The third-order valence-electron chi connectivity index (χ3n) is 2.56. The van der Waals surface area contributed by atoms with Crippen LogP contribution in [-0.2, 0) is 4.79 Å². The summed E-state index contributed by atoms with van der Waals surface area (Å²) in [4.78, 5) is 13.6. The molecule has 0 spiro atoms. The minimum absolute atomic E-state index is 0.0830. The predicted molar refractivity (Wildman–Crippen MR) is 56.7 cm³/mol. The molecule has 76 valence electrons. The van der Waals surface area contributed by atoms with E-state index < -0.39 is 0 Å². The van der Waals surface area contributed by atoms with Crippen molar-refractivity contribution in [3.63, 3.8) is 0 Å². The third-order valence-corrected chi connectivity index (χ3v) is 3.89. The van der Waals surface area contributed by atoms with Crippen LogP contribution in [0.5, 0.6) is 0 Å². The fourth-order valence-corrected chi connectivity index (χ4v) is 2.61. The predicted octanol–water partition coefficient (Wildman–Crippen LogP) is 0.686. The van der Waals surface area contributed by atoms with Crippen LogP contribution >= 0.6 is 11.8 Å². The van der Waals surface area contributed by atoms with E-state index in [1.807, 2.05) is 16.7 Å². The summed E-state index contributed by atoms with van der Waals surface area (Å²) in [7, 11) is 0. The lowest BCUT2D eigenvalue weighted by Gasteiger charge is -2.38. The number of hydrogen-bond acceptors (Lipinski definition) is 3. The Morgan fingerprint density at radius 3 is 2.77 bits per heavy atom. The van der Waals surface area contributed by atoms with E-state index in [2.05, 4.69) is 13.8 Å². The lowest BCUT2D eigenvalue weighted by molar-refractivity contribution is -0.134. The van der Waals surface area contributed by atoms with E-state index >= 15 is 0 Å². The van der Waals surface area contributed by atoms with Crippen LogP contribution in [0, 0.1) is 0 Å². The Morgan fingerprint density at radius 2 is 2.23 bits per heavy atom. The van der Waals surface area contributed by atoms with E-state index in [0.29, 0.717) is 11.3 Å². The van der Waals surface area contributed by atoms with E-state index in [1.165, 1.54) is 0 Å². The first-order valence-corrected chi connectivity index (χ1v) is 5.76. The average Bonchev–Trinajstić information content (AvgIpc) is 2.08. The van der Waals surface area contributed by atoms with E-state index in [-0.39, 0.29) is 11.9 Å². The molecule has 2 N–H and O–H groups in total. The highest BCUT2D eigenvalue weighted by atomic mass is 32.2. The normalized spacial score (nSPS) is 31.5. The lowest BCUT2D eigenvalue weighted by Crippen LogP contribution is -2.52. The monoisotopic (exact) mass is 202 g/mol. The number of nitrogens with two attached hydrogens (primary N) is 1. The van der Waals surface area contributed by atoms with E-state index in [9.17, 15) is 4.79 Å². The highest BCUT2D eigenvalue weighted by Gasteiger charge is 2.29. The smallest absolute Gasteiger partial charge is 0.239 e. The van der Waals surface area contributed by atoms with Crippen molar-refractivity contribution in [1.29, 1.82) is 0 Å². The van der Waals surface area contributed by atoms with Crippen LogP contribution in [0.2, 0.25) is 0 Å². The van der Waals surface area contributed by atoms with Gasteiger partial charge in [0.2, 0.25) is 5.91 Å². The molecule has 0 saturated carbocycles. The molecule has 3 atom stereocenters. The van der Waals surface area contributed by atoms with Gasteiger partial charge in [-0.15, -0.1) is 0 Å². The molecule has 1 saturated heterocycles. The molecule has 0 bridgehead atoms. The molecule has 0 unspecified atom stereocenters. The molecule has 0 aliphatic carbocycles. The van der Waals surface area contributed by atoms with Gasteiger partial charge in [0, 0.05) is 23.6 Å². The summed E-state index contributed by atoms with van der Waals surface area (Å²) in [6.07, 6.45) is 0. The Morgan fingerprint density at radius 1 is 1.62 bits per heavy atom. The maximum absolute atomic E-state index is 11.6. The number of thioether (sulfide) groups is 1. The van der Waals surface area contributed by atoms with Gasteiger partial charge in [-0.1, -0.05) is 6.92 Å². The van der Waals surface area contributed by atoms with Crippen LogP contribution in [0.1, 0.15) is 20.8 Å². The SMILES string of the molecule is C[C@H](N)C(=O)N1CCS[C@@H](C)[C@@H]1C. The summed E-state index contributed by atoms with van der Waals surface area (Å²) in [6, 6.07) is -0.0463. The number of carbonyl (C=O) groups is 1. The molecule has 3 nitrogen and oxygen atoms in total. The Bertz CT molecular complexity index is 196. The summed E-state index contributed by atoms with van der Waals surface area (Å²) in [6.45, 7) is 6.85. The quantitative estimate of drug-likeness (QED) is 0.680. The van der Waals surface area contributed by atoms with Crippen molar-refractivity contribution in [2.24, 2.45) is 5.73 Å². The Hall–Kier alpha value is -0.220. The summed E-state index contributed by atoms with van der Waals surface area (Å²) in [5.41, 5.74) is 5.58. The van der Waals surface area contributed by atoms with E-state index in [4.69, 9.17) is 5.73 Å². The van der Waals surface area contributed by atoms with Crippen LogP contribution in [0.3, 0.4) is 0 Å². The zero-order valence-electron chi connectivity index (χ0n) is 8.49. The van der Waals surface area contributed by atoms with E-state index in [0.717, 1.165) is 12.3 Å². The van der Waals surface area contributed by atoms with Crippen LogP contribution in [0.25, 0.3) is 0 Å². The number of carbonyl (C=O) groups excluding carboxylic acids is 1. The van der Waals surface area contributed by atoms with Crippen LogP contribution in [0.4, 0.5) is 0 Å². The topological polar surface area (TPSA) is 46.3 Å². The minimum atomic E-state index is -0.363. The first-order valence-electron chi connectivity index (χ1n) is 4.71. The number of amides is 1. The molecule has 4 heteroatoms. The standard InChI is InChI=1S/C9H18N2OS/c1-6(10)9(12)11-4-5-13-8(3)7(11)2/h6-8H,4-5,10H2,1-3H3/t6-,7-,8-/m0/s1. The molecule has 1 amide bonds. The van der Waals surface area contributed by atoms with Gasteiger partial charge in [-0.3, -0.25) is 4.79 Å². The number of hydrogen-bond donors (Lipinski definition) is 1. The van der Waals surface area contributed by atoms with Gasteiger partial charge in [-0.05, 0) is 13.8 Å². The third kappa shape index (κ3) is 2.38. The zero-order chi connectivity index (χ0) is 10.0. The van der Waals surface area contributed by atoms with Crippen LogP contribution < -0.4 is 5.73 Å². The second-order valence-corrected chi connectivity index (χ2v) is 5.12. The summed E-state index contributed by atoms with van der Waals surface area (Å²) in [5, 5.41) is 0.524. The Balaban J connectivity index is 2.62. The molecule has 1 rings (SSSR count). The van der Waals surface area contributed by atoms with Crippen molar-refractivity contribution in [2.75, 3.05) is 12.3 Å². The Kier molecular flexibility index (Phi) is 3.62. The van der Waals surface area contributed by atoms with Gasteiger partial charge in [0.05, 0.1) is 6.04 Å². The molecule has 0 aromatic heterocycles. The summed E-state index contributed by atoms with van der Waals surface area (Å²) in [5.74, 6) is 1.11. The minimum Gasteiger partial charge on any atom is -0.337 e. The van der Waals surface area contributed by atoms with Gasteiger partial charge >= 0.3 is 0 Å². The second kappa shape index (κ2) is 4.33. The fourth-order valence-electron chi connectivity index (χ4n) is 1.51. The van der Waals surface area contributed by atoms with Gasteiger partial charge in [0.15, 0.2) is 0 Å². The summed E-state index contributed by atoms with van der Waals surface area (Å²) < 4.78 is 0. The first-order chi connectivity index (χ1) is 6.04. The van der Waals surface area contributed by atoms with Crippen molar-refractivity contribution < 1.29 is 4.79 Å². The van der Waals surface area contributed by atoms with Gasteiger partial charge in [-0.25, -0.2) is 0 Å². The van der Waals surface area contributed by atoms with Crippen molar-refractivity contribution in [1.82, 2.24) is 4.90 Å². The van der Waals surface area contributed by atoms with Gasteiger partial charge in [0.25, 0.3) is 0 Å². The van der Waals surface area contributed by atoms with Crippen molar-refractivity contribution >= 4 is 17.7 Å². The maximum atomic E-state index is 11.6. The highest BCUT2D eigenvalue weighted by Crippen LogP contribution is 2.24.